The van der Waals surface area contributed by atoms with Crippen LogP contribution in [-0.2, 0) is 18.3 Å². The average molecular weight is 709 g/mol. The van der Waals surface area contributed by atoms with Crippen LogP contribution in [0.4, 0.5) is 22.7 Å². The molecule has 0 aromatic heterocycles. The van der Waals surface area contributed by atoms with Gasteiger partial charge in [-0.3, -0.25) is 0 Å². The van der Waals surface area contributed by atoms with Gasteiger partial charge in [-0.25, -0.2) is 0 Å². The summed E-state index contributed by atoms with van der Waals surface area (Å²) in [6.07, 6.45) is 9.26. The van der Waals surface area contributed by atoms with Gasteiger partial charge in [0.1, 0.15) is 0 Å². The van der Waals surface area contributed by atoms with Crippen molar-refractivity contribution in [3.63, 3.8) is 0 Å². The normalized spacial score (nSPS) is 15.7. The molecule has 0 fully saturated rings. The molecule has 11 rings (SSSR count). The Morgan fingerprint density at radius 3 is 1.58 bits per heavy atom. The van der Waals surface area contributed by atoms with E-state index in [0.29, 0.717) is 0 Å². The molecule has 55 heavy (non-hydrogen) atoms. The van der Waals surface area contributed by atoms with Crippen LogP contribution in [0.2, 0.25) is 0 Å². The molecule has 8 aromatic carbocycles. The molecule has 3 aliphatic rings. The van der Waals surface area contributed by atoms with Crippen molar-refractivity contribution in [2.24, 2.45) is 0 Å². The molecule has 2 heteroatoms. The quantitative estimate of drug-likeness (QED) is 0.133. The summed E-state index contributed by atoms with van der Waals surface area (Å²) in [6.45, 7) is 6.90. The van der Waals surface area contributed by atoms with Crippen LogP contribution in [0.25, 0.3) is 55.6 Å². The Morgan fingerprint density at radius 1 is 0.436 bits per heavy atom. The Kier molecular flexibility index (Phi) is 7.33. The molecule has 0 saturated heterocycles. The second-order valence-corrected chi connectivity index (χ2v) is 16.3. The zero-order chi connectivity index (χ0) is 36.7. The van der Waals surface area contributed by atoms with E-state index in [2.05, 4.69) is 181 Å². The Morgan fingerprint density at radius 2 is 0.909 bits per heavy atom. The maximum atomic E-state index is 2.52. The summed E-state index contributed by atoms with van der Waals surface area (Å²) in [7, 11) is 0. The topological polar surface area (TPSA) is 6.48 Å². The van der Waals surface area contributed by atoms with Gasteiger partial charge in [0.2, 0.25) is 0 Å². The Balaban J connectivity index is 0.927. The lowest BCUT2D eigenvalue weighted by Crippen LogP contribution is -2.25. The summed E-state index contributed by atoms with van der Waals surface area (Å²) in [5.74, 6) is 0. The fourth-order valence-corrected chi connectivity index (χ4v) is 10.0. The molecule has 8 aromatic rings. The first-order chi connectivity index (χ1) is 27.0. The van der Waals surface area contributed by atoms with E-state index in [-0.39, 0.29) is 5.41 Å². The summed E-state index contributed by atoms with van der Waals surface area (Å²) >= 11 is 0. The second-order valence-electron chi connectivity index (χ2n) is 16.3. The van der Waals surface area contributed by atoms with Crippen molar-refractivity contribution in [3.05, 3.63) is 179 Å². The van der Waals surface area contributed by atoms with Crippen LogP contribution < -0.4 is 9.80 Å². The van der Waals surface area contributed by atoms with E-state index in [9.17, 15) is 0 Å². The molecule has 0 unspecified atom stereocenters. The molecule has 0 bridgehead atoms. The van der Waals surface area contributed by atoms with Gasteiger partial charge in [-0.2, -0.15) is 0 Å². The minimum Gasteiger partial charge on any atom is -0.341 e. The van der Waals surface area contributed by atoms with Gasteiger partial charge < -0.3 is 9.80 Å². The third-order valence-corrected chi connectivity index (χ3v) is 12.8. The van der Waals surface area contributed by atoms with E-state index in [4.69, 9.17) is 0 Å². The SMILES string of the molecule is CC1(C)c2cc(/C=C/c3ccc4c5ccc(N6CCCc7ccccc76)cc5c5ccccc5c4c3)ccc2-c2ccc(N3CCCc4ccccc43)cc21. The van der Waals surface area contributed by atoms with Crippen molar-refractivity contribution >= 4 is 67.2 Å². The summed E-state index contributed by atoms with van der Waals surface area (Å²) in [5.41, 5.74) is 16.1. The zero-order valence-electron chi connectivity index (χ0n) is 31.6. The fraction of sp³-hybridized carbons (Fsp3) is 0.170. The van der Waals surface area contributed by atoms with Gasteiger partial charge in [0.05, 0.1) is 0 Å². The van der Waals surface area contributed by atoms with Crippen molar-refractivity contribution in [1.29, 1.82) is 0 Å². The van der Waals surface area contributed by atoms with Crippen molar-refractivity contribution in [2.75, 3.05) is 22.9 Å². The maximum Gasteiger partial charge on any atom is 0.0443 e. The fourth-order valence-electron chi connectivity index (χ4n) is 10.0. The van der Waals surface area contributed by atoms with Gasteiger partial charge in [-0.1, -0.05) is 129 Å². The van der Waals surface area contributed by atoms with E-state index in [0.717, 1.165) is 25.9 Å². The first kappa shape index (κ1) is 32.3. The number of nitrogens with zero attached hydrogens (tertiary/aromatic N) is 2. The van der Waals surface area contributed by atoms with Crippen molar-refractivity contribution in [1.82, 2.24) is 0 Å². The van der Waals surface area contributed by atoms with Gasteiger partial charge in [-0.05, 0) is 145 Å². The predicted molar refractivity (Wildman–Crippen MR) is 235 cm³/mol. The average Bonchev–Trinajstić information content (AvgIpc) is 3.47. The van der Waals surface area contributed by atoms with Gasteiger partial charge in [-0.15, -0.1) is 0 Å². The zero-order valence-corrected chi connectivity index (χ0v) is 31.6. The number of benzene rings is 8. The van der Waals surface area contributed by atoms with Gasteiger partial charge >= 0.3 is 0 Å². The second kappa shape index (κ2) is 12.5. The predicted octanol–water partition coefficient (Wildman–Crippen LogP) is 13.8. The number of hydrogen-bond donors (Lipinski definition) is 0. The summed E-state index contributed by atoms with van der Waals surface area (Å²) in [4.78, 5) is 5.03. The summed E-state index contributed by atoms with van der Waals surface area (Å²) in [6, 6.07) is 55.1. The Bertz CT molecular complexity index is 2850. The highest BCUT2D eigenvalue weighted by Crippen LogP contribution is 2.51. The van der Waals surface area contributed by atoms with Gasteiger partial charge in [0.25, 0.3) is 0 Å². The molecule has 0 saturated carbocycles. The van der Waals surface area contributed by atoms with Gasteiger partial charge in [0, 0.05) is 41.3 Å². The first-order valence-corrected chi connectivity index (χ1v) is 20.1. The van der Waals surface area contributed by atoms with Crippen LogP contribution in [0.3, 0.4) is 0 Å². The van der Waals surface area contributed by atoms with E-state index in [1.165, 1.54) is 112 Å². The number of aryl methyl sites for hydroxylation is 2. The number of fused-ring (bicyclic) bond motifs is 11. The number of rotatable bonds is 4. The van der Waals surface area contributed by atoms with E-state index >= 15 is 0 Å². The molecule has 266 valence electrons. The van der Waals surface area contributed by atoms with Crippen molar-refractivity contribution in [3.8, 4) is 11.1 Å². The number of hydrogen-bond acceptors (Lipinski definition) is 2. The minimum atomic E-state index is -0.0833. The highest BCUT2D eigenvalue weighted by Gasteiger charge is 2.36. The third-order valence-electron chi connectivity index (χ3n) is 12.8. The van der Waals surface area contributed by atoms with Crippen molar-refractivity contribution < 1.29 is 0 Å². The lowest BCUT2D eigenvalue weighted by Gasteiger charge is -2.32. The smallest absolute Gasteiger partial charge is 0.0443 e. The molecule has 0 radical (unpaired) electrons. The molecule has 2 heterocycles. The third kappa shape index (κ3) is 5.15. The number of para-hydroxylation sites is 2. The highest BCUT2D eigenvalue weighted by atomic mass is 15.1. The summed E-state index contributed by atoms with van der Waals surface area (Å²) in [5, 5.41) is 7.86. The lowest BCUT2D eigenvalue weighted by atomic mass is 9.81. The largest absolute Gasteiger partial charge is 0.341 e. The van der Waals surface area contributed by atoms with E-state index in [1.54, 1.807) is 0 Å². The lowest BCUT2D eigenvalue weighted by molar-refractivity contribution is 0.659. The van der Waals surface area contributed by atoms with Crippen LogP contribution in [0.1, 0.15) is 60.1 Å². The molecule has 2 aliphatic heterocycles. The van der Waals surface area contributed by atoms with Crippen LogP contribution in [0, 0.1) is 0 Å². The molecule has 0 spiro atoms. The standard InChI is InChI=1S/C53H44N2/c1-53(2)49-32-36(22-26-45(49)46-28-24-40(34-50(46)53)55-30-10-14-38-12-4-8-18-52(38)55)20-19-35-21-25-43-44-27-23-39(54-29-9-13-37-11-3-7-17-51(37)54)33-48(44)42-16-6-5-15-41(42)47(43)31-35/h3-8,11-12,15-28,31-34H,9-10,13-14,29-30H2,1-2H3/b20-19+. The van der Waals surface area contributed by atoms with E-state index in [1.807, 2.05) is 0 Å². The van der Waals surface area contributed by atoms with Crippen molar-refractivity contribution in [2.45, 2.75) is 44.9 Å². The number of anilines is 4. The molecule has 0 amide bonds. The molecule has 0 N–H and O–H groups in total. The van der Waals surface area contributed by atoms with Crippen LogP contribution in [0.5, 0.6) is 0 Å². The Hall–Kier alpha value is -6.12. The maximum absolute atomic E-state index is 2.52. The van der Waals surface area contributed by atoms with Crippen LogP contribution in [0.15, 0.2) is 146 Å². The monoisotopic (exact) mass is 708 g/mol. The molecule has 0 atom stereocenters. The molecule has 1 aliphatic carbocycles. The molecular formula is C53H44N2. The molecule has 2 nitrogen and oxygen atoms in total. The van der Waals surface area contributed by atoms with Gasteiger partial charge in [0.15, 0.2) is 0 Å². The van der Waals surface area contributed by atoms with Crippen LogP contribution >= 0.6 is 0 Å². The van der Waals surface area contributed by atoms with Crippen LogP contribution in [-0.4, -0.2) is 13.1 Å². The van der Waals surface area contributed by atoms with E-state index < -0.39 is 0 Å². The Labute approximate surface area is 324 Å². The first-order valence-electron chi connectivity index (χ1n) is 20.1. The highest BCUT2D eigenvalue weighted by molar-refractivity contribution is 6.26. The minimum absolute atomic E-state index is 0.0833. The molecular weight excluding hydrogens is 665 g/mol. The summed E-state index contributed by atoms with van der Waals surface area (Å²) < 4.78 is 0.